The van der Waals surface area contributed by atoms with Gasteiger partial charge in [0.25, 0.3) is 0 Å². The molecule has 1 heterocycles. The highest BCUT2D eigenvalue weighted by Gasteiger charge is 1.97. The monoisotopic (exact) mass is 200 g/mol. The lowest BCUT2D eigenvalue weighted by Gasteiger charge is -2.03. The number of aromatic nitrogens is 2. The van der Waals surface area contributed by atoms with E-state index >= 15 is 0 Å². The van der Waals surface area contributed by atoms with Gasteiger partial charge in [0.1, 0.15) is 6.29 Å². The van der Waals surface area contributed by atoms with E-state index in [1.54, 1.807) is 6.20 Å². The largest absolute Gasteiger partial charge is 0.303 e. The Morgan fingerprint density at radius 3 is 3.00 bits per heavy atom. The van der Waals surface area contributed by atoms with Crippen molar-refractivity contribution >= 4 is 6.29 Å². The van der Waals surface area contributed by atoms with Gasteiger partial charge in [-0.05, 0) is 30.2 Å². The van der Waals surface area contributed by atoms with Crippen LogP contribution in [0.1, 0.15) is 12.0 Å². The minimum atomic E-state index is 0.572. The molecule has 0 spiro atoms. The predicted molar refractivity (Wildman–Crippen MR) is 57.9 cm³/mol. The van der Waals surface area contributed by atoms with Crippen molar-refractivity contribution in [1.82, 2.24) is 9.78 Å². The topological polar surface area (TPSA) is 34.9 Å². The quantitative estimate of drug-likeness (QED) is 0.707. The number of hydrogen-bond acceptors (Lipinski definition) is 2. The van der Waals surface area contributed by atoms with Crippen LogP contribution in [-0.4, -0.2) is 16.1 Å². The number of carbonyl (C=O) groups excluding carboxylic acids is 1. The van der Waals surface area contributed by atoms with Gasteiger partial charge in [-0.25, -0.2) is 4.68 Å². The molecule has 0 unspecified atom stereocenters. The third-order valence-corrected chi connectivity index (χ3v) is 2.23. The van der Waals surface area contributed by atoms with Crippen molar-refractivity contribution in [2.45, 2.75) is 12.8 Å². The van der Waals surface area contributed by atoms with Gasteiger partial charge in [0, 0.05) is 18.8 Å². The second-order valence-corrected chi connectivity index (χ2v) is 3.33. The summed E-state index contributed by atoms with van der Waals surface area (Å²) in [7, 11) is 0. The van der Waals surface area contributed by atoms with Gasteiger partial charge in [-0.15, -0.1) is 0 Å². The Bertz CT molecular complexity index is 435. The summed E-state index contributed by atoms with van der Waals surface area (Å²) in [6, 6.07) is 9.94. The first kappa shape index (κ1) is 9.65. The van der Waals surface area contributed by atoms with E-state index in [0.29, 0.717) is 6.42 Å². The van der Waals surface area contributed by atoms with Crippen LogP contribution in [0.5, 0.6) is 0 Å². The Kier molecular flexibility index (Phi) is 2.93. The van der Waals surface area contributed by atoms with E-state index in [9.17, 15) is 4.79 Å². The van der Waals surface area contributed by atoms with Gasteiger partial charge < -0.3 is 4.79 Å². The van der Waals surface area contributed by atoms with Gasteiger partial charge in [-0.3, -0.25) is 0 Å². The predicted octanol–water partition coefficient (Wildman–Crippen LogP) is 2.00. The standard InChI is InChI=1S/C12H12N2O/c15-9-2-5-11-4-1-6-12(10-11)14-8-3-7-13-14/h1,3-4,6-10H,2,5H2. The molecule has 0 radical (unpaired) electrons. The highest BCUT2D eigenvalue weighted by Crippen LogP contribution is 2.10. The number of benzene rings is 1. The molecule has 2 aromatic rings. The number of rotatable bonds is 4. The van der Waals surface area contributed by atoms with Crippen LogP contribution >= 0.6 is 0 Å². The highest BCUT2D eigenvalue weighted by atomic mass is 16.1. The Morgan fingerprint density at radius 1 is 1.33 bits per heavy atom. The van der Waals surface area contributed by atoms with E-state index in [-0.39, 0.29) is 0 Å². The molecule has 0 N–H and O–H groups in total. The van der Waals surface area contributed by atoms with E-state index in [0.717, 1.165) is 24.0 Å². The van der Waals surface area contributed by atoms with Crippen molar-refractivity contribution in [1.29, 1.82) is 0 Å². The zero-order chi connectivity index (χ0) is 10.5. The molecule has 0 amide bonds. The van der Waals surface area contributed by atoms with Crippen LogP contribution in [0.3, 0.4) is 0 Å². The molecule has 0 aliphatic carbocycles. The Morgan fingerprint density at radius 2 is 2.27 bits per heavy atom. The fraction of sp³-hybridized carbons (Fsp3) is 0.167. The molecule has 15 heavy (non-hydrogen) atoms. The molecule has 0 aliphatic heterocycles. The van der Waals surface area contributed by atoms with Crippen molar-refractivity contribution in [3.8, 4) is 5.69 Å². The molecule has 1 aromatic carbocycles. The maximum Gasteiger partial charge on any atom is 0.120 e. The SMILES string of the molecule is O=CCCc1cccc(-n2cccn2)c1. The molecule has 3 heteroatoms. The summed E-state index contributed by atoms with van der Waals surface area (Å²) >= 11 is 0. The number of aldehydes is 1. The summed E-state index contributed by atoms with van der Waals surface area (Å²) in [4.78, 5) is 10.3. The van der Waals surface area contributed by atoms with Crippen LogP contribution in [0.4, 0.5) is 0 Å². The summed E-state index contributed by atoms with van der Waals surface area (Å²) in [5, 5.41) is 4.16. The van der Waals surface area contributed by atoms with Crippen molar-refractivity contribution in [3.63, 3.8) is 0 Å². The van der Waals surface area contributed by atoms with Crippen LogP contribution in [0.2, 0.25) is 0 Å². The molecule has 0 fully saturated rings. The second kappa shape index (κ2) is 4.55. The summed E-state index contributed by atoms with van der Waals surface area (Å²) in [6.07, 6.45) is 5.96. The number of nitrogens with zero attached hydrogens (tertiary/aromatic N) is 2. The Balaban J connectivity index is 2.23. The zero-order valence-electron chi connectivity index (χ0n) is 8.34. The van der Waals surface area contributed by atoms with E-state index in [1.807, 2.05) is 35.1 Å². The van der Waals surface area contributed by atoms with Crippen molar-refractivity contribution in [3.05, 3.63) is 48.3 Å². The maximum atomic E-state index is 10.3. The number of hydrogen-bond donors (Lipinski definition) is 0. The first-order valence-corrected chi connectivity index (χ1v) is 4.93. The van der Waals surface area contributed by atoms with Crippen LogP contribution in [0.15, 0.2) is 42.7 Å². The normalized spacial score (nSPS) is 10.1. The lowest BCUT2D eigenvalue weighted by atomic mass is 10.1. The molecular weight excluding hydrogens is 188 g/mol. The molecule has 0 bridgehead atoms. The molecule has 0 atom stereocenters. The Hall–Kier alpha value is -1.90. The fourth-order valence-corrected chi connectivity index (χ4v) is 1.50. The summed E-state index contributed by atoms with van der Waals surface area (Å²) in [5.41, 5.74) is 2.19. The summed E-state index contributed by atoms with van der Waals surface area (Å²) in [6.45, 7) is 0. The highest BCUT2D eigenvalue weighted by molar-refractivity contribution is 5.50. The van der Waals surface area contributed by atoms with Crippen LogP contribution in [-0.2, 0) is 11.2 Å². The first-order chi connectivity index (χ1) is 7.40. The lowest BCUT2D eigenvalue weighted by Crippen LogP contribution is -1.95. The van der Waals surface area contributed by atoms with Gasteiger partial charge in [-0.1, -0.05) is 12.1 Å². The van der Waals surface area contributed by atoms with E-state index < -0.39 is 0 Å². The lowest BCUT2D eigenvalue weighted by molar-refractivity contribution is -0.107. The maximum absolute atomic E-state index is 10.3. The molecule has 0 aliphatic rings. The molecule has 0 saturated heterocycles. The van der Waals surface area contributed by atoms with E-state index in [1.165, 1.54) is 0 Å². The average molecular weight is 200 g/mol. The first-order valence-electron chi connectivity index (χ1n) is 4.93. The third-order valence-electron chi connectivity index (χ3n) is 2.23. The molecule has 1 aromatic heterocycles. The molecular formula is C12H12N2O. The van der Waals surface area contributed by atoms with Gasteiger partial charge in [0.05, 0.1) is 5.69 Å². The van der Waals surface area contributed by atoms with Gasteiger partial charge >= 0.3 is 0 Å². The molecule has 76 valence electrons. The Labute approximate surface area is 88.4 Å². The van der Waals surface area contributed by atoms with Gasteiger partial charge in [0.2, 0.25) is 0 Å². The molecule has 3 nitrogen and oxygen atoms in total. The van der Waals surface area contributed by atoms with Crippen molar-refractivity contribution in [2.75, 3.05) is 0 Å². The minimum absolute atomic E-state index is 0.572. The summed E-state index contributed by atoms with van der Waals surface area (Å²) in [5.74, 6) is 0. The van der Waals surface area contributed by atoms with Gasteiger partial charge in [-0.2, -0.15) is 5.10 Å². The fourth-order valence-electron chi connectivity index (χ4n) is 1.50. The van der Waals surface area contributed by atoms with Crippen LogP contribution < -0.4 is 0 Å². The van der Waals surface area contributed by atoms with E-state index in [4.69, 9.17) is 0 Å². The molecule has 0 saturated carbocycles. The van der Waals surface area contributed by atoms with E-state index in [2.05, 4.69) is 11.2 Å². The smallest absolute Gasteiger partial charge is 0.120 e. The van der Waals surface area contributed by atoms with Crippen molar-refractivity contribution < 1.29 is 4.79 Å². The van der Waals surface area contributed by atoms with Gasteiger partial charge in [0.15, 0.2) is 0 Å². The van der Waals surface area contributed by atoms with Crippen LogP contribution in [0, 0.1) is 0 Å². The second-order valence-electron chi connectivity index (χ2n) is 3.33. The average Bonchev–Trinajstić information content (AvgIpc) is 2.80. The zero-order valence-corrected chi connectivity index (χ0v) is 8.34. The number of carbonyl (C=O) groups is 1. The third kappa shape index (κ3) is 2.31. The molecule has 2 rings (SSSR count). The summed E-state index contributed by atoms with van der Waals surface area (Å²) < 4.78 is 1.81. The van der Waals surface area contributed by atoms with Crippen LogP contribution in [0.25, 0.3) is 5.69 Å². The number of aryl methyl sites for hydroxylation is 1. The minimum Gasteiger partial charge on any atom is -0.303 e. The van der Waals surface area contributed by atoms with Crippen molar-refractivity contribution in [2.24, 2.45) is 0 Å².